The quantitative estimate of drug-likeness (QED) is 0.852. The highest BCUT2D eigenvalue weighted by atomic mass is 35.5. The maximum absolute atomic E-state index is 11.0. The Bertz CT molecular complexity index is 453. The predicted octanol–water partition coefficient (Wildman–Crippen LogP) is 2.05. The molecule has 1 aromatic heterocycles. The third-order valence-electron chi connectivity index (χ3n) is 3.02. The first-order valence-corrected chi connectivity index (χ1v) is 6.25. The van der Waals surface area contributed by atoms with Crippen molar-refractivity contribution in [3.8, 4) is 0 Å². The molecule has 98 valence electrons. The minimum absolute atomic E-state index is 0.159. The van der Waals surface area contributed by atoms with Crippen LogP contribution >= 0.6 is 11.6 Å². The van der Waals surface area contributed by atoms with Crippen molar-refractivity contribution < 1.29 is 14.6 Å². The molecule has 1 unspecified atom stereocenters. The van der Waals surface area contributed by atoms with Gasteiger partial charge in [0.1, 0.15) is 11.0 Å². The van der Waals surface area contributed by atoms with Crippen LogP contribution in [-0.4, -0.2) is 41.9 Å². The van der Waals surface area contributed by atoms with Gasteiger partial charge in [0, 0.05) is 6.54 Å². The normalized spacial score (nSPS) is 19.9. The molecule has 2 rings (SSSR count). The first-order valence-electron chi connectivity index (χ1n) is 5.87. The van der Waals surface area contributed by atoms with Crippen molar-refractivity contribution in [1.82, 2.24) is 4.98 Å². The van der Waals surface area contributed by atoms with Crippen LogP contribution < -0.4 is 4.90 Å². The molecule has 2 heterocycles. The maximum atomic E-state index is 11.0. The van der Waals surface area contributed by atoms with Gasteiger partial charge in [0.15, 0.2) is 0 Å². The van der Waals surface area contributed by atoms with Gasteiger partial charge >= 0.3 is 5.97 Å². The summed E-state index contributed by atoms with van der Waals surface area (Å²) in [4.78, 5) is 17.3. The summed E-state index contributed by atoms with van der Waals surface area (Å²) in [6, 6.07) is 3.13. The molecule has 6 heteroatoms. The number of anilines is 1. The van der Waals surface area contributed by atoms with E-state index in [-0.39, 0.29) is 16.8 Å². The van der Waals surface area contributed by atoms with Crippen LogP contribution in [0.3, 0.4) is 0 Å². The average Bonchev–Trinajstić information content (AvgIpc) is 2.38. The minimum atomic E-state index is -0.998. The molecule has 0 bridgehead atoms. The lowest BCUT2D eigenvalue weighted by Gasteiger charge is -2.36. The van der Waals surface area contributed by atoms with E-state index in [4.69, 9.17) is 21.4 Å². The van der Waals surface area contributed by atoms with E-state index >= 15 is 0 Å². The van der Waals surface area contributed by atoms with Gasteiger partial charge in [-0.1, -0.05) is 18.5 Å². The molecule has 0 saturated carbocycles. The van der Waals surface area contributed by atoms with Crippen molar-refractivity contribution in [3.05, 3.63) is 22.8 Å². The number of aromatic nitrogens is 1. The largest absolute Gasteiger partial charge is 0.478 e. The number of morpholine rings is 1. The molecule has 1 atom stereocenters. The van der Waals surface area contributed by atoms with Crippen molar-refractivity contribution in [1.29, 1.82) is 0 Å². The molecule has 1 saturated heterocycles. The summed E-state index contributed by atoms with van der Waals surface area (Å²) in [6.45, 7) is 4.01. The van der Waals surface area contributed by atoms with E-state index in [9.17, 15) is 4.79 Å². The Labute approximate surface area is 110 Å². The molecule has 0 aliphatic carbocycles. The van der Waals surface area contributed by atoms with Gasteiger partial charge in [-0.3, -0.25) is 0 Å². The molecule has 1 fully saturated rings. The predicted molar refractivity (Wildman–Crippen MR) is 68.5 cm³/mol. The first kappa shape index (κ1) is 13.1. The van der Waals surface area contributed by atoms with Gasteiger partial charge in [0.25, 0.3) is 0 Å². The Morgan fingerprint density at radius 2 is 2.44 bits per heavy atom. The Kier molecular flexibility index (Phi) is 4.04. The molecule has 18 heavy (non-hydrogen) atoms. The summed E-state index contributed by atoms with van der Waals surface area (Å²) in [5, 5.41) is 9.23. The van der Waals surface area contributed by atoms with Crippen molar-refractivity contribution in [2.45, 2.75) is 19.4 Å². The zero-order chi connectivity index (χ0) is 13.1. The van der Waals surface area contributed by atoms with Crippen LogP contribution in [0.2, 0.25) is 5.15 Å². The number of rotatable bonds is 3. The monoisotopic (exact) mass is 270 g/mol. The fourth-order valence-corrected chi connectivity index (χ4v) is 2.25. The average molecular weight is 271 g/mol. The van der Waals surface area contributed by atoms with Crippen LogP contribution in [0.4, 0.5) is 5.82 Å². The Morgan fingerprint density at radius 1 is 1.67 bits per heavy atom. The maximum Gasteiger partial charge on any atom is 0.335 e. The highest BCUT2D eigenvalue weighted by Gasteiger charge is 2.23. The molecule has 1 N–H and O–H groups in total. The molecule has 0 spiro atoms. The number of halogens is 1. The van der Waals surface area contributed by atoms with Crippen LogP contribution in [0, 0.1) is 0 Å². The summed E-state index contributed by atoms with van der Waals surface area (Å²) in [6.07, 6.45) is 0.913. The third kappa shape index (κ3) is 2.73. The Morgan fingerprint density at radius 3 is 3.11 bits per heavy atom. The van der Waals surface area contributed by atoms with E-state index in [0.29, 0.717) is 25.6 Å². The number of hydrogen-bond acceptors (Lipinski definition) is 4. The van der Waals surface area contributed by atoms with Crippen LogP contribution in [0.15, 0.2) is 12.1 Å². The standard InChI is InChI=1S/C12H15ClN2O3/c1-2-9-7-18-4-3-15(9)11-6-8(12(16)17)5-10(13)14-11/h5-6,9H,2-4,7H2,1H3,(H,16,17). The molecule has 1 aromatic rings. The van der Waals surface area contributed by atoms with Gasteiger partial charge in [-0.2, -0.15) is 0 Å². The van der Waals surface area contributed by atoms with E-state index in [2.05, 4.69) is 16.8 Å². The van der Waals surface area contributed by atoms with Crippen LogP contribution in [0.25, 0.3) is 0 Å². The number of carboxylic acids is 1. The number of pyridine rings is 1. The highest BCUT2D eigenvalue weighted by molar-refractivity contribution is 6.29. The van der Waals surface area contributed by atoms with Gasteiger partial charge in [-0.15, -0.1) is 0 Å². The van der Waals surface area contributed by atoms with E-state index in [1.165, 1.54) is 6.07 Å². The van der Waals surface area contributed by atoms with E-state index < -0.39 is 5.97 Å². The van der Waals surface area contributed by atoms with Gasteiger partial charge in [0.05, 0.1) is 24.8 Å². The van der Waals surface area contributed by atoms with Crippen molar-refractivity contribution in [2.75, 3.05) is 24.7 Å². The molecule has 1 aliphatic heterocycles. The smallest absolute Gasteiger partial charge is 0.335 e. The lowest BCUT2D eigenvalue weighted by Crippen LogP contribution is -2.45. The van der Waals surface area contributed by atoms with Crippen LogP contribution in [0.1, 0.15) is 23.7 Å². The van der Waals surface area contributed by atoms with Crippen molar-refractivity contribution >= 4 is 23.4 Å². The molecule has 0 amide bonds. The first-order chi connectivity index (χ1) is 8.61. The van der Waals surface area contributed by atoms with Crippen LogP contribution in [0.5, 0.6) is 0 Å². The second-order valence-corrected chi connectivity index (χ2v) is 4.56. The molecular formula is C12H15ClN2O3. The number of ether oxygens (including phenoxy) is 1. The zero-order valence-corrected chi connectivity index (χ0v) is 10.9. The minimum Gasteiger partial charge on any atom is -0.478 e. The fourth-order valence-electron chi connectivity index (χ4n) is 2.05. The summed E-state index contributed by atoms with van der Waals surface area (Å²) in [5.74, 6) is -0.392. The second-order valence-electron chi connectivity index (χ2n) is 4.17. The lowest BCUT2D eigenvalue weighted by molar-refractivity contribution is 0.0696. The third-order valence-corrected chi connectivity index (χ3v) is 3.21. The fraction of sp³-hybridized carbons (Fsp3) is 0.500. The van der Waals surface area contributed by atoms with Crippen molar-refractivity contribution in [3.63, 3.8) is 0 Å². The molecular weight excluding hydrogens is 256 g/mol. The van der Waals surface area contributed by atoms with E-state index in [0.717, 1.165) is 6.42 Å². The van der Waals surface area contributed by atoms with Gasteiger partial charge in [-0.05, 0) is 18.6 Å². The number of carboxylic acid groups (broad SMARTS) is 1. The molecule has 1 aliphatic rings. The van der Waals surface area contributed by atoms with Crippen LogP contribution in [-0.2, 0) is 4.74 Å². The van der Waals surface area contributed by atoms with Gasteiger partial charge < -0.3 is 14.7 Å². The topological polar surface area (TPSA) is 62.7 Å². The van der Waals surface area contributed by atoms with E-state index in [1.807, 2.05) is 0 Å². The zero-order valence-electron chi connectivity index (χ0n) is 10.1. The van der Waals surface area contributed by atoms with Gasteiger partial charge in [0.2, 0.25) is 0 Å². The highest BCUT2D eigenvalue weighted by Crippen LogP contribution is 2.23. The van der Waals surface area contributed by atoms with Gasteiger partial charge in [-0.25, -0.2) is 9.78 Å². The molecule has 0 aromatic carbocycles. The Balaban J connectivity index is 2.33. The number of hydrogen-bond donors (Lipinski definition) is 1. The lowest BCUT2D eigenvalue weighted by atomic mass is 10.1. The van der Waals surface area contributed by atoms with Crippen molar-refractivity contribution in [2.24, 2.45) is 0 Å². The second kappa shape index (κ2) is 5.54. The molecule has 0 radical (unpaired) electrons. The molecule has 5 nitrogen and oxygen atoms in total. The number of nitrogens with zero attached hydrogens (tertiary/aromatic N) is 2. The summed E-state index contributed by atoms with van der Waals surface area (Å²) in [7, 11) is 0. The number of carbonyl (C=O) groups is 1. The SMILES string of the molecule is CCC1COCCN1c1cc(C(=O)O)cc(Cl)n1. The number of aromatic carboxylic acids is 1. The summed E-state index contributed by atoms with van der Waals surface area (Å²) < 4.78 is 5.41. The van der Waals surface area contributed by atoms with E-state index in [1.54, 1.807) is 6.07 Å². The summed E-state index contributed by atoms with van der Waals surface area (Å²) >= 11 is 5.87. The Hall–Kier alpha value is -1.33. The summed E-state index contributed by atoms with van der Waals surface area (Å²) in [5.41, 5.74) is 0.159.